The Labute approximate surface area is 131 Å². The summed E-state index contributed by atoms with van der Waals surface area (Å²) in [5, 5.41) is 18.7. The molecule has 0 amide bonds. The maximum atomic E-state index is 11.3. The number of nitro groups is 1. The van der Waals surface area contributed by atoms with Crippen molar-refractivity contribution < 1.29 is 4.92 Å². The molecule has 0 aliphatic rings. The molecular formula is C14H17BrN4O2. The van der Waals surface area contributed by atoms with Gasteiger partial charge < -0.3 is 5.32 Å². The van der Waals surface area contributed by atoms with Crippen molar-refractivity contribution in [2.45, 2.75) is 26.3 Å². The first kappa shape index (κ1) is 15.5. The molecule has 1 N–H and O–H groups in total. The third-order valence-corrected chi connectivity index (χ3v) is 3.94. The number of nitrogens with one attached hydrogen (secondary N) is 1. The summed E-state index contributed by atoms with van der Waals surface area (Å²) in [4.78, 5) is 11.0. The minimum absolute atomic E-state index is 0.0754. The van der Waals surface area contributed by atoms with Crippen LogP contribution in [0.2, 0.25) is 0 Å². The van der Waals surface area contributed by atoms with Crippen LogP contribution in [0.15, 0.2) is 28.7 Å². The number of anilines is 1. The lowest BCUT2D eigenvalue weighted by atomic mass is 10.2. The molecule has 0 fully saturated rings. The van der Waals surface area contributed by atoms with Gasteiger partial charge in [-0.25, -0.2) is 4.68 Å². The molecule has 0 spiro atoms. The minimum atomic E-state index is -0.361. The van der Waals surface area contributed by atoms with Crippen molar-refractivity contribution in [2.75, 3.05) is 5.32 Å². The van der Waals surface area contributed by atoms with Crippen LogP contribution in [0.4, 0.5) is 11.5 Å². The number of rotatable bonds is 6. The van der Waals surface area contributed by atoms with Gasteiger partial charge in [0.2, 0.25) is 5.82 Å². The van der Waals surface area contributed by atoms with Gasteiger partial charge in [-0.1, -0.05) is 47.5 Å². The van der Waals surface area contributed by atoms with Gasteiger partial charge >= 0.3 is 5.69 Å². The van der Waals surface area contributed by atoms with E-state index in [4.69, 9.17) is 0 Å². The highest BCUT2D eigenvalue weighted by Crippen LogP contribution is 2.29. The summed E-state index contributed by atoms with van der Waals surface area (Å²) in [7, 11) is 1.72. The second-order valence-corrected chi connectivity index (χ2v) is 5.57. The van der Waals surface area contributed by atoms with Crippen molar-refractivity contribution in [2.24, 2.45) is 7.05 Å². The zero-order valence-corrected chi connectivity index (χ0v) is 13.6. The molecule has 0 bridgehead atoms. The lowest BCUT2D eigenvalue weighted by Gasteiger charge is -2.07. The van der Waals surface area contributed by atoms with Crippen LogP contribution >= 0.6 is 15.9 Å². The second kappa shape index (κ2) is 6.71. The van der Waals surface area contributed by atoms with Crippen LogP contribution in [0.3, 0.4) is 0 Å². The highest BCUT2D eigenvalue weighted by Gasteiger charge is 2.25. The van der Waals surface area contributed by atoms with E-state index in [2.05, 4.69) is 26.3 Å². The van der Waals surface area contributed by atoms with Crippen molar-refractivity contribution in [3.8, 4) is 0 Å². The smallest absolute Gasteiger partial charge is 0.334 e. The Bertz CT molecular complexity index is 654. The first-order chi connectivity index (χ1) is 10.0. The number of hydrogen-bond acceptors (Lipinski definition) is 4. The van der Waals surface area contributed by atoms with E-state index in [0.29, 0.717) is 24.5 Å². The first-order valence-corrected chi connectivity index (χ1v) is 7.51. The fourth-order valence-electron chi connectivity index (χ4n) is 2.18. The Balaban J connectivity index is 2.27. The number of hydrogen-bond donors (Lipinski definition) is 1. The van der Waals surface area contributed by atoms with Gasteiger partial charge in [0.25, 0.3) is 0 Å². The summed E-state index contributed by atoms with van der Waals surface area (Å²) >= 11 is 3.47. The molecule has 6 nitrogen and oxygen atoms in total. The summed E-state index contributed by atoms with van der Waals surface area (Å²) in [5.41, 5.74) is 1.64. The molecule has 21 heavy (non-hydrogen) atoms. The maximum Gasteiger partial charge on any atom is 0.334 e. The highest BCUT2D eigenvalue weighted by molar-refractivity contribution is 9.10. The molecule has 1 aromatic carbocycles. The second-order valence-electron chi connectivity index (χ2n) is 4.72. The third-order valence-electron chi connectivity index (χ3n) is 3.17. The molecule has 0 radical (unpaired) electrons. The largest absolute Gasteiger partial charge is 0.360 e. The Hall–Kier alpha value is -1.89. The minimum Gasteiger partial charge on any atom is -0.360 e. The van der Waals surface area contributed by atoms with Gasteiger partial charge in [0.05, 0.1) is 4.92 Å². The predicted octanol–water partition coefficient (Wildman–Crippen LogP) is 3.66. The number of halogens is 1. The number of benzene rings is 1. The van der Waals surface area contributed by atoms with Crippen LogP contribution in [0.25, 0.3) is 0 Å². The van der Waals surface area contributed by atoms with Gasteiger partial charge in [0, 0.05) is 18.1 Å². The van der Waals surface area contributed by atoms with E-state index in [1.54, 1.807) is 11.7 Å². The van der Waals surface area contributed by atoms with E-state index < -0.39 is 0 Å². The van der Waals surface area contributed by atoms with Gasteiger partial charge in [-0.2, -0.15) is 5.10 Å². The average molecular weight is 353 g/mol. The lowest BCUT2D eigenvalue weighted by Crippen LogP contribution is -2.06. The summed E-state index contributed by atoms with van der Waals surface area (Å²) in [6.45, 7) is 2.47. The molecule has 112 valence electrons. The molecule has 2 rings (SSSR count). The van der Waals surface area contributed by atoms with Crippen molar-refractivity contribution in [3.63, 3.8) is 0 Å². The number of nitrogens with zero attached hydrogens (tertiary/aromatic N) is 3. The molecule has 0 aliphatic carbocycles. The van der Waals surface area contributed by atoms with Gasteiger partial charge in [-0.15, -0.1) is 0 Å². The van der Waals surface area contributed by atoms with E-state index in [1.165, 1.54) is 0 Å². The lowest BCUT2D eigenvalue weighted by molar-refractivity contribution is -0.384. The normalized spacial score (nSPS) is 10.6. The van der Waals surface area contributed by atoms with Crippen molar-refractivity contribution in [3.05, 3.63) is 50.1 Å². The van der Waals surface area contributed by atoms with E-state index in [1.807, 2.05) is 31.2 Å². The van der Waals surface area contributed by atoms with Gasteiger partial charge in [-0.05, 0) is 18.1 Å². The first-order valence-electron chi connectivity index (χ1n) is 6.72. The molecule has 0 saturated carbocycles. The van der Waals surface area contributed by atoms with Crippen molar-refractivity contribution in [1.82, 2.24) is 9.78 Å². The van der Waals surface area contributed by atoms with Gasteiger partial charge in [0.15, 0.2) is 0 Å². The van der Waals surface area contributed by atoms with Crippen molar-refractivity contribution in [1.29, 1.82) is 0 Å². The van der Waals surface area contributed by atoms with Crippen LogP contribution < -0.4 is 5.32 Å². The molecule has 0 atom stereocenters. The zero-order valence-electron chi connectivity index (χ0n) is 12.0. The molecular weight excluding hydrogens is 336 g/mol. The summed E-state index contributed by atoms with van der Waals surface area (Å²) in [6, 6.07) is 7.77. The Morgan fingerprint density at radius 1 is 1.43 bits per heavy atom. The maximum absolute atomic E-state index is 11.3. The van der Waals surface area contributed by atoms with Gasteiger partial charge in [0.1, 0.15) is 5.69 Å². The molecule has 0 aliphatic heterocycles. The fourth-order valence-corrected chi connectivity index (χ4v) is 2.61. The van der Waals surface area contributed by atoms with E-state index in [9.17, 15) is 10.1 Å². The Morgan fingerprint density at radius 2 is 2.14 bits per heavy atom. The summed E-state index contributed by atoms with van der Waals surface area (Å²) < 4.78 is 2.51. The van der Waals surface area contributed by atoms with E-state index in [-0.39, 0.29) is 10.6 Å². The van der Waals surface area contributed by atoms with Crippen LogP contribution in [0.5, 0.6) is 0 Å². The fraction of sp³-hybridized carbons (Fsp3) is 0.357. The van der Waals surface area contributed by atoms with Crippen LogP contribution in [0.1, 0.15) is 24.6 Å². The quantitative estimate of drug-likeness (QED) is 0.635. The van der Waals surface area contributed by atoms with Gasteiger partial charge in [-0.3, -0.25) is 10.1 Å². The monoisotopic (exact) mass is 352 g/mol. The number of aromatic nitrogens is 2. The topological polar surface area (TPSA) is 73.0 Å². The van der Waals surface area contributed by atoms with Crippen LogP contribution in [-0.4, -0.2) is 14.7 Å². The van der Waals surface area contributed by atoms with Crippen LogP contribution in [-0.2, 0) is 20.0 Å². The SMILES string of the molecule is CCCc1nn(C)c(NCc2ccccc2Br)c1[N+](=O)[O-]. The standard InChI is InChI=1S/C14H17BrN4O2/c1-3-6-12-13(19(20)21)14(18(2)17-12)16-9-10-7-4-5-8-11(10)15/h4-5,7-8,16H,3,6,9H2,1-2H3. The number of aryl methyl sites for hydroxylation is 2. The Kier molecular flexibility index (Phi) is 4.95. The molecule has 1 heterocycles. The zero-order chi connectivity index (χ0) is 15.4. The average Bonchev–Trinajstić information content (AvgIpc) is 2.74. The molecule has 2 aromatic rings. The summed E-state index contributed by atoms with van der Waals surface area (Å²) in [5.74, 6) is 0.444. The predicted molar refractivity (Wildman–Crippen MR) is 85.3 cm³/mol. The van der Waals surface area contributed by atoms with Crippen LogP contribution in [0, 0.1) is 10.1 Å². The Morgan fingerprint density at radius 3 is 2.76 bits per heavy atom. The van der Waals surface area contributed by atoms with Crippen molar-refractivity contribution >= 4 is 27.4 Å². The van der Waals surface area contributed by atoms with E-state index in [0.717, 1.165) is 16.5 Å². The molecule has 7 heteroatoms. The van der Waals surface area contributed by atoms with E-state index >= 15 is 0 Å². The molecule has 0 saturated heterocycles. The summed E-state index contributed by atoms with van der Waals surface area (Å²) in [6.07, 6.45) is 1.42. The third kappa shape index (κ3) is 3.41. The molecule has 1 aromatic heterocycles. The highest BCUT2D eigenvalue weighted by atomic mass is 79.9. The molecule has 0 unspecified atom stereocenters.